The Balaban J connectivity index is 0.00000280. The Morgan fingerprint density at radius 3 is 2.68 bits per heavy atom. The van der Waals surface area contributed by atoms with Crippen molar-refractivity contribution in [3.8, 4) is 17.0 Å². The molecular weight excluding hydrogens is 352 g/mol. The largest absolute Gasteiger partial charge is 0.496 e. The lowest BCUT2D eigenvalue weighted by molar-refractivity contribution is 0.274. The minimum atomic E-state index is -0.0689. The molecule has 0 fully saturated rings. The van der Waals surface area contributed by atoms with Crippen LogP contribution in [0.1, 0.15) is 44.4 Å². The van der Waals surface area contributed by atoms with E-state index in [0.717, 1.165) is 35.2 Å². The van der Waals surface area contributed by atoms with Crippen molar-refractivity contribution in [3.63, 3.8) is 0 Å². The molecule has 2 aromatic heterocycles. The van der Waals surface area contributed by atoms with E-state index in [9.17, 15) is 5.11 Å². The fourth-order valence-electron chi connectivity index (χ4n) is 2.98. The summed E-state index contributed by atoms with van der Waals surface area (Å²) in [6.45, 7) is 2.09. The fourth-order valence-corrected chi connectivity index (χ4v) is 2.98. The van der Waals surface area contributed by atoms with Gasteiger partial charge in [-0.3, -0.25) is 9.97 Å². The van der Waals surface area contributed by atoms with Crippen molar-refractivity contribution >= 4 is 5.82 Å². The third kappa shape index (κ3) is 5.04. The molecule has 0 aliphatic rings. The molecular formula is C22H28N4O2. The Morgan fingerprint density at radius 1 is 1.14 bits per heavy atom. The number of anilines is 1. The Bertz CT molecular complexity index is 871. The molecule has 28 heavy (non-hydrogen) atoms. The van der Waals surface area contributed by atoms with Gasteiger partial charge in [-0.1, -0.05) is 39.0 Å². The molecule has 2 heterocycles. The first kappa shape index (κ1) is 21.3. The highest BCUT2D eigenvalue weighted by atomic mass is 16.5. The Labute approximate surface area is 166 Å². The van der Waals surface area contributed by atoms with Crippen molar-refractivity contribution < 1.29 is 9.84 Å². The number of rotatable bonds is 8. The molecule has 0 bridgehead atoms. The first-order valence-corrected chi connectivity index (χ1v) is 9.01. The van der Waals surface area contributed by atoms with Crippen LogP contribution in [0.25, 0.3) is 11.3 Å². The summed E-state index contributed by atoms with van der Waals surface area (Å²) in [5.74, 6) is 1.34. The number of nitrogens with one attached hydrogen (secondary N) is 1. The van der Waals surface area contributed by atoms with Gasteiger partial charge in [-0.25, -0.2) is 4.98 Å². The van der Waals surface area contributed by atoms with Crippen molar-refractivity contribution in [2.75, 3.05) is 12.4 Å². The second kappa shape index (κ2) is 10.4. The molecule has 6 heteroatoms. The topological polar surface area (TPSA) is 80.2 Å². The second-order valence-corrected chi connectivity index (χ2v) is 6.25. The maximum absolute atomic E-state index is 9.39. The average Bonchev–Trinajstić information content (AvgIpc) is 2.73. The van der Waals surface area contributed by atoms with Gasteiger partial charge in [-0.15, -0.1) is 0 Å². The molecule has 2 N–H and O–H groups in total. The van der Waals surface area contributed by atoms with Gasteiger partial charge in [-0.05, 0) is 24.1 Å². The van der Waals surface area contributed by atoms with E-state index < -0.39 is 0 Å². The molecule has 148 valence electrons. The van der Waals surface area contributed by atoms with Crippen LogP contribution < -0.4 is 10.1 Å². The first-order chi connectivity index (χ1) is 13.2. The van der Waals surface area contributed by atoms with Gasteiger partial charge >= 0.3 is 0 Å². The molecule has 0 spiro atoms. The van der Waals surface area contributed by atoms with Gasteiger partial charge in [0.2, 0.25) is 0 Å². The van der Waals surface area contributed by atoms with E-state index in [1.54, 1.807) is 25.7 Å². The van der Waals surface area contributed by atoms with Crippen LogP contribution in [0.2, 0.25) is 0 Å². The summed E-state index contributed by atoms with van der Waals surface area (Å²) >= 11 is 0. The highest BCUT2D eigenvalue weighted by Crippen LogP contribution is 2.28. The molecule has 0 saturated carbocycles. The molecule has 0 aliphatic carbocycles. The van der Waals surface area contributed by atoms with E-state index in [-0.39, 0.29) is 20.1 Å². The van der Waals surface area contributed by atoms with Gasteiger partial charge in [0.1, 0.15) is 11.6 Å². The predicted octanol–water partition coefficient (Wildman–Crippen LogP) is 4.63. The van der Waals surface area contributed by atoms with Gasteiger partial charge in [0.25, 0.3) is 0 Å². The van der Waals surface area contributed by atoms with E-state index in [1.807, 2.05) is 30.5 Å². The summed E-state index contributed by atoms with van der Waals surface area (Å²) < 4.78 is 5.35. The molecule has 0 aliphatic heterocycles. The van der Waals surface area contributed by atoms with E-state index in [1.165, 1.54) is 0 Å². The fraction of sp³-hybridized carbons (Fsp3) is 0.318. The number of aliphatic hydroxyl groups excluding tert-OH is 1. The monoisotopic (exact) mass is 380 g/mol. The number of pyridine rings is 1. The van der Waals surface area contributed by atoms with E-state index in [4.69, 9.17) is 9.72 Å². The number of nitrogens with zero attached hydrogens (tertiary/aromatic N) is 3. The molecule has 6 nitrogen and oxygen atoms in total. The summed E-state index contributed by atoms with van der Waals surface area (Å²) in [6, 6.07) is 9.74. The zero-order valence-corrected chi connectivity index (χ0v) is 15.6. The lowest BCUT2D eigenvalue weighted by Crippen LogP contribution is -2.12. The summed E-state index contributed by atoms with van der Waals surface area (Å²) in [4.78, 5) is 13.3. The van der Waals surface area contributed by atoms with Gasteiger partial charge in [0.05, 0.1) is 37.8 Å². The van der Waals surface area contributed by atoms with E-state index in [0.29, 0.717) is 11.6 Å². The minimum absolute atomic E-state index is 0. The lowest BCUT2D eigenvalue weighted by Gasteiger charge is -2.19. The quantitative estimate of drug-likeness (QED) is 0.593. The molecule has 1 unspecified atom stereocenters. The Morgan fingerprint density at radius 2 is 2.00 bits per heavy atom. The van der Waals surface area contributed by atoms with Crippen LogP contribution in [0.5, 0.6) is 5.75 Å². The summed E-state index contributed by atoms with van der Waals surface area (Å²) in [5, 5.41) is 12.9. The number of benzene rings is 1. The molecule has 0 saturated heterocycles. The number of hydrogen-bond donors (Lipinski definition) is 2. The summed E-state index contributed by atoms with van der Waals surface area (Å²) in [5.41, 5.74) is 3.49. The normalized spacial score (nSPS) is 11.4. The maximum atomic E-state index is 9.39. The first-order valence-electron chi connectivity index (χ1n) is 9.01. The molecule has 0 amide bonds. The van der Waals surface area contributed by atoms with Crippen molar-refractivity contribution in [2.24, 2.45) is 0 Å². The van der Waals surface area contributed by atoms with Gasteiger partial charge < -0.3 is 15.2 Å². The van der Waals surface area contributed by atoms with E-state index in [2.05, 4.69) is 28.3 Å². The van der Waals surface area contributed by atoms with Crippen LogP contribution >= 0.6 is 0 Å². The molecule has 1 aromatic carbocycles. The van der Waals surface area contributed by atoms with Crippen LogP contribution in [0.3, 0.4) is 0 Å². The van der Waals surface area contributed by atoms with Gasteiger partial charge in [0.15, 0.2) is 0 Å². The molecule has 3 rings (SSSR count). The van der Waals surface area contributed by atoms with Gasteiger partial charge in [-0.2, -0.15) is 0 Å². The Hall–Kier alpha value is -2.99. The average molecular weight is 380 g/mol. The smallest absolute Gasteiger partial charge is 0.145 e. The number of aromatic nitrogens is 3. The third-order valence-corrected chi connectivity index (χ3v) is 4.37. The summed E-state index contributed by atoms with van der Waals surface area (Å²) in [6.07, 6.45) is 9.11. The zero-order chi connectivity index (χ0) is 19.1. The number of aliphatic hydroxyl groups is 1. The van der Waals surface area contributed by atoms with Gasteiger partial charge in [0, 0.05) is 23.5 Å². The predicted molar refractivity (Wildman–Crippen MR) is 112 cm³/mol. The van der Waals surface area contributed by atoms with Crippen LogP contribution in [0.4, 0.5) is 5.82 Å². The van der Waals surface area contributed by atoms with Crippen molar-refractivity contribution in [3.05, 3.63) is 66.2 Å². The lowest BCUT2D eigenvalue weighted by atomic mass is 10.0. The summed E-state index contributed by atoms with van der Waals surface area (Å²) in [7, 11) is 1.59. The van der Waals surface area contributed by atoms with Crippen LogP contribution in [0.15, 0.2) is 55.1 Å². The maximum Gasteiger partial charge on any atom is 0.145 e. The highest BCUT2D eigenvalue weighted by molar-refractivity contribution is 5.63. The second-order valence-electron chi connectivity index (χ2n) is 6.25. The van der Waals surface area contributed by atoms with Crippen molar-refractivity contribution in [1.29, 1.82) is 0 Å². The molecule has 1 atom stereocenters. The Kier molecular flexibility index (Phi) is 7.89. The highest BCUT2D eigenvalue weighted by Gasteiger charge is 2.13. The zero-order valence-electron chi connectivity index (χ0n) is 15.6. The SMILES string of the molecule is C.CCCC(Nc1cncc(-c2ccc(CO)c(OC)c2)n1)c1cccnc1. The van der Waals surface area contributed by atoms with Crippen LogP contribution in [0, 0.1) is 0 Å². The third-order valence-electron chi connectivity index (χ3n) is 4.37. The minimum Gasteiger partial charge on any atom is -0.496 e. The number of hydrogen-bond acceptors (Lipinski definition) is 6. The number of methoxy groups -OCH3 is 1. The van der Waals surface area contributed by atoms with Crippen molar-refractivity contribution in [1.82, 2.24) is 15.0 Å². The van der Waals surface area contributed by atoms with Crippen molar-refractivity contribution in [2.45, 2.75) is 39.8 Å². The van der Waals surface area contributed by atoms with E-state index >= 15 is 0 Å². The van der Waals surface area contributed by atoms with Crippen LogP contribution in [-0.4, -0.2) is 27.2 Å². The standard InChI is InChI=1S/C21H24N4O2.CH4/c1-3-5-18(16-6-4-9-22-11-16)24-21-13-23-12-19(25-21)15-7-8-17(14-26)20(10-15)27-2;/h4,6-13,18,26H,3,5,14H2,1-2H3,(H,24,25);1H4. The molecule has 3 aromatic rings. The van der Waals surface area contributed by atoms with Crippen LogP contribution in [-0.2, 0) is 6.61 Å². The number of ether oxygens (including phenoxy) is 1. The molecule has 0 radical (unpaired) electrons.